The van der Waals surface area contributed by atoms with E-state index in [1.807, 2.05) is 13.0 Å². The highest BCUT2D eigenvalue weighted by Crippen LogP contribution is 2.32. The molecule has 0 atom stereocenters. The summed E-state index contributed by atoms with van der Waals surface area (Å²) in [5.41, 5.74) is 0.852. The van der Waals surface area contributed by atoms with Gasteiger partial charge in [0.15, 0.2) is 5.79 Å². The van der Waals surface area contributed by atoms with Gasteiger partial charge in [-0.2, -0.15) is 0 Å². The van der Waals surface area contributed by atoms with E-state index in [4.69, 9.17) is 9.47 Å². The molecule has 1 aliphatic rings. The lowest BCUT2D eigenvalue weighted by atomic mass is 10.1. The van der Waals surface area contributed by atoms with Crippen LogP contribution in [0, 0.1) is 0 Å². The fourth-order valence-electron chi connectivity index (χ4n) is 1.47. The Bertz CT molecular complexity index is 303. The Balaban J connectivity index is 2.33. The first kappa shape index (κ1) is 8.53. The number of benzene rings is 1. The Kier molecular flexibility index (Phi) is 1.98. The van der Waals surface area contributed by atoms with Crippen LogP contribution >= 0.6 is 0 Å². The average molecular weight is 180 g/mol. The molecule has 3 heteroatoms. The predicted molar refractivity (Wildman–Crippen MR) is 47.4 cm³/mol. The van der Waals surface area contributed by atoms with Gasteiger partial charge in [0, 0.05) is 5.56 Å². The van der Waals surface area contributed by atoms with E-state index in [1.54, 1.807) is 18.2 Å². The van der Waals surface area contributed by atoms with Crippen LogP contribution in [0.4, 0.5) is 0 Å². The number of phenols is 1. The van der Waals surface area contributed by atoms with Gasteiger partial charge in [0.25, 0.3) is 0 Å². The zero-order chi connectivity index (χ0) is 9.31. The van der Waals surface area contributed by atoms with Crippen molar-refractivity contribution in [3.05, 3.63) is 29.8 Å². The van der Waals surface area contributed by atoms with Crippen LogP contribution < -0.4 is 0 Å². The van der Waals surface area contributed by atoms with Crippen molar-refractivity contribution in [2.45, 2.75) is 12.7 Å². The van der Waals surface area contributed by atoms with Crippen LogP contribution in [0.3, 0.4) is 0 Å². The van der Waals surface area contributed by atoms with Gasteiger partial charge in [-0.3, -0.25) is 0 Å². The molecule has 70 valence electrons. The quantitative estimate of drug-likeness (QED) is 0.713. The molecular weight excluding hydrogens is 168 g/mol. The van der Waals surface area contributed by atoms with E-state index in [2.05, 4.69) is 0 Å². The van der Waals surface area contributed by atoms with E-state index in [9.17, 15) is 5.11 Å². The first-order valence-corrected chi connectivity index (χ1v) is 4.28. The molecule has 0 aliphatic carbocycles. The number of ether oxygens (including phenoxy) is 2. The third-order valence-electron chi connectivity index (χ3n) is 2.21. The number of rotatable bonds is 1. The topological polar surface area (TPSA) is 38.7 Å². The Labute approximate surface area is 76.9 Å². The Morgan fingerprint density at radius 2 is 2.00 bits per heavy atom. The molecule has 2 rings (SSSR count). The van der Waals surface area contributed by atoms with Gasteiger partial charge in [-0.05, 0) is 19.1 Å². The summed E-state index contributed by atoms with van der Waals surface area (Å²) >= 11 is 0. The summed E-state index contributed by atoms with van der Waals surface area (Å²) in [6.45, 7) is 3.06. The monoisotopic (exact) mass is 180 g/mol. The molecule has 1 aromatic carbocycles. The molecule has 1 saturated heterocycles. The summed E-state index contributed by atoms with van der Waals surface area (Å²) < 4.78 is 10.9. The molecule has 0 aromatic heterocycles. The first-order valence-electron chi connectivity index (χ1n) is 4.28. The van der Waals surface area contributed by atoms with Crippen molar-refractivity contribution in [3.8, 4) is 5.75 Å². The van der Waals surface area contributed by atoms with Crippen molar-refractivity contribution in [2.24, 2.45) is 0 Å². The molecule has 1 fully saturated rings. The zero-order valence-electron chi connectivity index (χ0n) is 7.49. The molecular formula is C10H12O3. The van der Waals surface area contributed by atoms with Crippen molar-refractivity contribution in [3.63, 3.8) is 0 Å². The maximum absolute atomic E-state index is 9.28. The highest BCUT2D eigenvalue weighted by Gasteiger charge is 2.33. The lowest BCUT2D eigenvalue weighted by Gasteiger charge is -2.22. The molecule has 0 bridgehead atoms. The maximum Gasteiger partial charge on any atom is 0.192 e. The molecule has 1 aliphatic heterocycles. The molecule has 0 spiro atoms. The van der Waals surface area contributed by atoms with E-state index >= 15 is 0 Å². The highest BCUT2D eigenvalue weighted by molar-refractivity contribution is 5.30. The van der Waals surface area contributed by atoms with E-state index in [0.29, 0.717) is 13.2 Å². The smallest absolute Gasteiger partial charge is 0.192 e. The molecule has 1 aromatic rings. The fourth-order valence-corrected chi connectivity index (χ4v) is 1.47. The van der Waals surface area contributed by atoms with Crippen LogP contribution in [0.5, 0.6) is 5.75 Å². The predicted octanol–water partition coefficient (Wildman–Crippen LogP) is 1.61. The molecule has 0 radical (unpaired) electrons. The van der Waals surface area contributed by atoms with Gasteiger partial charge in [0.2, 0.25) is 0 Å². The van der Waals surface area contributed by atoms with Crippen LogP contribution in [0.2, 0.25) is 0 Å². The van der Waals surface area contributed by atoms with Gasteiger partial charge >= 0.3 is 0 Å². The summed E-state index contributed by atoms with van der Waals surface area (Å²) in [4.78, 5) is 0. The van der Waals surface area contributed by atoms with Gasteiger partial charge in [0.05, 0.1) is 13.2 Å². The summed E-state index contributed by atoms with van der Waals surface area (Å²) in [5, 5.41) is 9.28. The minimum absolute atomic E-state index is 0.234. The van der Waals surface area contributed by atoms with Gasteiger partial charge in [-0.1, -0.05) is 12.1 Å². The Morgan fingerprint density at radius 3 is 2.62 bits per heavy atom. The largest absolute Gasteiger partial charge is 0.508 e. The second kappa shape index (κ2) is 3.01. The van der Waals surface area contributed by atoms with Crippen molar-refractivity contribution < 1.29 is 14.6 Å². The van der Waals surface area contributed by atoms with Crippen molar-refractivity contribution in [1.29, 1.82) is 0 Å². The Hall–Kier alpha value is -1.06. The number of hydrogen-bond acceptors (Lipinski definition) is 3. The third-order valence-corrected chi connectivity index (χ3v) is 2.21. The number of phenolic OH excluding ortho intramolecular Hbond substituents is 1. The standard InChI is InChI=1S/C10H12O3/c1-10(12-5-6-13-10)8-3-2-4-9(11)7-8/h2-4,7,11H,5-6H2,1H3. The lowest BCUT2D eigenvalue weighted by Crippen LogP contribution is -2.21. The van der Waals surface area contributed by atoms with E-state index < -0.39 is 5.79 Å². The summed E-state index contributed by atoms with van der Waals surface area (Å²) in [5.74, 6) is -0.448. The van der Waals surface area contributed by atoms with Crippen LogP contribution in [0.15, 0.2) is 24.3 Å². The first-order chi connectivity index (χ1) is 6.21. The maximum atomic E-state index is 9.28. The summed E-state index contributed by atoms with van der Waals surface area (Å²) in [6, 6.07) is 6.94. The third kappa shape index (κ3) is 1.53. The van der Waals surface area contributed by atoms with Gasteiger partial charge < -0.3 is 14.6 Å². The van der Waals surface area contributed by atoms with Crippen LogP contribution in [-0.2, 0) is 15.3 Å². The lowest BCUT2D eigenvalue weighted by molar-refractivity contribution is -0.149. The van der Waals surface area contributed by atoms with Crippen LogP contribution in [0.1, 0.15) is 12.5 Å². The number of aromatic hydroxyl groups is 1. The van der Waals surface area contributed by atoms with Gasteiger partial charge in [0.1, 0.15) is 5.75 Å². The van der Waals surface area contributed by atoms with Crippen LogP contribution in [0.25, 0.3) is 0 Å². The average Bonchev–Trinajstić information content (AvgIpc) is 2.54. The summed E-state index contributed by atoms with van der Waals surface area (Å²) in [7, 11) is 0. The number of hydrogen-bond donors (Lipinski definition) is 1. The van der Waals surface area contributed by atoms with Crippen LogP contribution in [-0.4, -0.2) is 18.3 Å². The Morgan fingerprint density at radius 1 is 1.31 bits per heavy atom. The molecule has 0 saturated carbocycles. The van der Waals surface area contributed by atoms with E-state index in [1.165, 1.54) is 0 Å². The SMILES string of the molecule is CC1(c2cccc(O)c2)OCCO1. The second-order valence-corrected chi connectivity index (χ2v) is 3.19. The molecule has 0 unspecified atom stereocenters. The van der Waals surface area contributed by atoms with Crippen molar-refractivity contribution >= 4 is 0 Å². The van der Waals surface area contributed by atoms with Gasteiger partial charge in [-0.15, -0.1) is 0 Å². The minimum Gasteiger partial charge on any atom is -0.508 e. The molecule has 1 heterocycles. The fraction of sp³-hybridized carbons (Fsp3) is 0.400. The van der Waals surface area contributed by atoms with Crippen molar-refractivity contribution in [1.82, 2.24) is 0 Å². The molecule has 0 amide bonds. The zero-order valence-corrected chi connectivity index (χ0v) is 7.49. The second-order valence-electron chi connectivity index (χ2n) is 3.19. The normalized spacial score (nSPS) is 20.4. The molecule has 3 nitrogen and oxygen atoms in total. The molecule has 1 N–H and O–H groups in total. The van der Waals surface area contributed by atoms with Crippen molar-refractivity contribution in [2.75, 3.05) is 13.2 Å². The van der Waals surface area contributed by atoms with E-state index in [0.717, 1.165) is 5.56 Å². The van der Waals surface area contributed by atoms with Gasteiger partial charge in [-0.25, -0.2) is 0 Å². The highest BCUT2D eigenvalue weighted by atomic mass is 16.7. The summed E-state index contributed by atoms with van der Waals surface area (Å²) in [6.07, 6.45) is 0. The molecule has 13 heavy (non-hydrogen) atoms. The minimum atomic E-state index is -0.682. The van der Waals surface area contributed by atoms with E-state index in [-0.39, 0.29) is 5.75 Å².